The van der Waals surface area contributed by atoms with Crippen molar-refractivity contribution in [1.82, 2.24) is 0 Å². The molecule has 1 aromatic carbocycles. The van der Waals surface area contributed by atoms with Crippen LogP contribution in [0.25, 0.3) is 0 Å². The SMILES string of the molecule is CC1CCC(c2ccc(OC(F)(F)CCC3CCC(C4CCC(C)CC4)CC3)c(F)c2F)CC1. The lowest BCUT2D eigenvalue weighted by atomic mass is 9.69. The first kappa shape index (κ1) is 25.8. The number of benzene rings is 1. The van der Waals surface area contributed by atoms with Crippen molar-refractivity contribution in [2.75, 3.05) is 0 Å². The third-order valence-electron chi connectivity index (χ3n) is 9.25. The number of halogens is 4. The lowest BCUT2D eigenvalue weighted by Gasteiger charge is -2.37. The summed E-state index contributed by atoms with van der Waals surface area (Å²) in [6, 6.07) is 2.63. The highest BCUT2D eigenvalue weighted by molar-refractivity contribution is 5.33. The molecular formula is C29H42F4O. The Morgan fingerprint density at radius 1 is 0.735 bits per heavy atom. The van der Waals surface area contributed by atoms with Crippen molar-refractivity contribution in [3.8, 4) is 5.75 Å². The Morgan fingerprint density at radius 2 is 1.26 bits per heavy atom. The summed E-state index contributed by atoms with van der Waals surface area (Å²) >= 11 is 0. The quantitative estimate of drug-likeness (QED) is 0.352. The van der Waals surface area contributed by atoms with E-state index >= 15 is 0 Å². The number of ether oxygens (including phenoxy) is 1. The second kappa shape index (κ2) is 11.2. The fraction of sp³-hybridized carbons (Fsp3) is 0.793. The molecule has 0 N–H and O–H groups in total. The highest BCUT2D eigenvalue weighted by Gasteiger charge is 2.36. The molecule has 4 rings (SSSR count). The van der Waals surface area contributed by atoms with Gasteiger partial charge in [-0.2, -0.15) is 13.2 Å². The van der Waals surface area contributed by atoms with Gasteiger partial charge in [-0.1, -0.05) is 58.4 Å². The molecule has 0 atom stereocenters. The molecule has 0 aliphatic heterocycles. The fourth-order valence-corrected chi connectivity index (χ4v) is 6.80. The van der Waals surface area contributed by atoms with E-state index in [0.717, 1.165) is 69.1 Å². The van der Waals surface area contributed by atoms with E-state index in [1.165, 1.54) is 37.8 Å². The monoisotopic (exact) mass is 482 g/mol. The molecule has 0 heterocycles. The summed E-state index contributed by atoms with van der Waals surface area (Å²) in [7, 11) is 0. The summed E-state index contributed by atoms with van der Waals surface area (Å²) in [5.74, 6) is 0.255. The molecule has 3 aliphatic rings. The second-order valence-corrected chi connectivity index (χ2v) is 11.8. The Balaban J connectivity index is 1.26. The van der Waals surface area contributed by atoms with Crippen molar-refractivity contribution in [3.63, 3.8) is 0 Å². The van der Waals surface area contributed by atoms with Crippen LogP contribution in [0, 0.1) is 41.2 Å². The minimum atomic E-state index is -3.49. The predicted octanol–water partition coefficient (Wildman–Crippen LogP) is 9.64. The molecule has 0 aromatic heterocycles. The summed E-state index contributed by atoms with van der Waals surface area (Å²) in [5, 5.41) is 0. The zero-order valence-electron chi connectivity index (χ0n) is 20.9. The van der Waals surface area contributed by atoms with Gasteiger partial charge < -0.3 is 4.74 Å². The van der Waals surface area contributed by atoms with Gasteiger partial charge in [-0.05, 0) is 92.1 Å². The first-order chi connectivity index (χ1) is 16.2. The lowest BCUT2D eigenvalue weighted by molar-refractivity contribution is -0.185. The van der Waals surface area contributed by atoms with Gasteiger partial charge in [-0.25, -0.2) is 4.39 Å². The average Bonchev–Trinajstić information content (AvgIpc) is 2.83. The molecule has 0 amide bonds. The van der Waals surface area contributed by atoms with E-state index in [0.29, 0.717) is 17.9 Å². The van der Waals surface area contributed by atoms with Gasteiger partial charge in [0.05, 0.1) is 6.42 Å². The summed E-state index contributed by atoms with van der Waals surface area (Å²) < 4.78 is 63.2. The topological polar surface area (TPSA) is 9.23 Å². The number of rotatable bonds is 7. The van der Waals surface area contributed by atoms with Crippen LogP contribution in [0.2, 0.25) is 0 Å². The van der Waals surface area contributed by atoms with Crippen molar-refractivity contribution in [3.05, 3.63) is 29.3 Å². The van der Waals surface area contributed by atoms with E-state index in [1.807, 2.05) is 0 Å². The van der Waals surface area contributed by atoms with Crippen LogP contribution in [-0.4, -0.2) is 6.11 Å². The minimum Gasteiger partial charge on any atom is -0.429 e. The number of hydrogen-bond acceptors (Lipinski definition) is 1. The van der Waals surface area contributed by atoms with Gasteiger partial charge >= 0.3 is 6.11 Å². The van der Waals surface area contributed by atoms with Gasteiger partial charge in [0.25, 0.3) is 0 Å². The van der Waals surface area contributed by atoms with Crippen LogP contribution >= 0.6 is 0 Å². The number of alkyl halides is 2. The molecule has 5 heteroatoms. The van der Waals surface area contributed by atoms with Crippen molar-refractivity contribution in [2.45, 2.75) is 116 Å². The van der Waals surface area contributed by atoms with Gasteiger partial charge in [0.15, 0.2) is 11.6 Å². The van der Waals surface area contributed by atoms with E-state index in [9.17, 15) is 17.6 Å². The Bertz CT molecular complexity index is 786. The smallest absolute Gasteiger partial charge is 0.397 e. The van der Waals surface area contributed by atoms with Gasteiger partial charge in [0.2, 0.25) is 5.82 Å². The maximum absolute atomic E-state index is 14.7. The van der Waals surface area contributed by atoms with E-state index in [-0.39, 0.29) is 11.8 Å². The highest BCUT2D eigenvalue weighted by atomic mass is 19.3. The maximum Gasteiger partial charge on any atom is 0.397 e. The maximum atomic E-state index is 14.7. The largest absolute Gasteiger partial charge is 0.429 e. The molecule has 3 saturated carbocycles. The zero-order valence-corrected chi connectivity index (χ0v) is 20.9. The van der Waals surface area contributed by atoms with Crippen LogP contribution in [0.4, 0.5) is 17.6 Å². The van der Waals surface area contributed by atoms with E-state index < -0.39 is 29.9 Å². The van der Waals surface area contributed by atoms with Gasteiger partial charge in [-0.15, -0.1) is 0 Å². The average molecular weight is 483 g/mol. The molecule has 1 nitrogen and oxygen atoms in total. The zero-order chi connectivity index (χ0) is 24.3. The van der Waals surface area contributed by atoms with Gasteiger partial charge in [0.1, 0.15) is 0 Å². The highest BCUT2D eigenvalue weighted by Crippen LogP contribution is 2.43. The summed E-state index contributed by atoms with van der Waals surface area (Å²) in [5.41, 5.74) is 0.296. The van der Waals surface area contributed by atoms with Crippen molar-refractivity contribution in [1.29, 1.82) is 0 Å². The summed E-state index contributed by atoms with van der Waals surface area (Å²) in [6.45, 7) is 4.50. The molecule has 0 spiro atoms. The molecule has 192 valence electrons. The van der Waals surface area contributed by atoms with Crippen LogP contribution in [0.1, 0.15) is 115 Å². The van der Waals surface area contributed by atoms with Crippen molar-refractivity contribution < 1.29 is 22.3 Å². The molecule has 1 aromatic rings. The predicted molar refractivity (Wildman–Crippen MR) is 128 cm³/mol. The molecule has 0 saturated heterocycles. The normalized spacial score (nSPS) is 33.0. The van der Waals surface area contributed by atoms with Crippen LogP contribution in [0.15, 0.2) is 12.1 Å². The first-order valence-electron chi connectivity index (χ1n) is 13.8. The molecule has 34 heavy (non-hydrogen) atoms. The Morgan fingerprint density at radius 3 is 1.85 bits per heavy atom. The van der Waals surface area contributed by atoms with Crippen LogP contribution in [0.3, 0.4) is 0 Å². The first-order valence-corrected chi connectivity index (χ1v) is 13.8. The van der Waals surface area contributed by atoms with E-state index in [1.54, 1.807) is 0 Å². The molecule has 0 bridgehead atoms. The Kier molecular flexibility index (Phi) is 8.51. The van der Waals surface area contributed by atoms with Crippen LogP contribution < -0.4 is 4.74 Å². The van der Waals surface area contributed by atoms with Crippen LogP contribution in [0.5, 0.6) is 5.75 Å². The molecule has 0 unspecified atom stereocenters. The van der Waals surface area contributed by atoms with Crippen molar-refractivity contribution in [2.24, 2.45) is 29.6 Å². The van der Waals surface area contributed by atoms with E-state index in [4.69, 9.17) is 4.74 Å². The van der Waals surface area contributed by atoms with Crippen LogP contribution in [-0.2, 0) is 0 Å². The Hall–Kier alpha value is -1.26. The molecule has 3 aliphatic carbocycles. The Labute approximate surface area is 203 Å². The summed E-state index contributed by atoms with van der Waals surface area (Å²) in [6.07, 6.45) is 9.52. The third kappa shape index (κ3) is 6.49. The second-order valence-electron chi connectivity index (χ2n) is 11.8. The van der Waals surface area contributed by atoms with Crippen molar-refractivity contribution >= 4 is 0 Å². The fourth-order valence-electron chi connectivity index (χ4n) is 6.80. The standard InChI is InChI=1S/C29H42F4O/c1-19-3-9-22(10-4-19)23-13-7-21(8-14-23)17-18-29(32,33)34-26-16-15-25(27(30)28(26)31)24-11-5-20(2)6-12-24/h15-16,19-24H,3-14,17-18H2,1-2H3. The van der Waals surface area contributed by atoms with Gasteiger partial charge in [-0.3, -0.25) is 0 Å². The molecule has 3 fully saturated rings. The number of hydrogen-bond donors (Lipinski definition) is 0. The summed E-state index contributed by atoms with van der Waals surface area (Å²) in [4.78, 5) is 0. The van der Waals surface area contributed by atoms with E-state index in [2.05, 4.69) is 13.8 Å². The molecule has 0 radical (unpaired) electrons. The lowest BCUT2D eigenvalue weighted by Crippen LogP contribution is -2.28. The minimum absolute atomic E-state index is 0.0487. The van der Waals surface area contributed by atoms with Gasteiger partial charge in [0, 0.05) is 0 Å². The molecular weight excluding hydrogens is 440 g/mol. The third-order valence-corrected chi connectivity index (χ3v) is 9.25.